The van der Waals surface area contributed by atoms with Gasteiger partial charge in [0.25, 0.3) is 5.91 Å². The molecule has 0 bridgehead atoms. The molecule has 0 spiro atoms. The van der Waals surface area contributed by atoms with Gasteiger partial charge in [-0.2, -0.15) is 0 Å². The van der Waals surface area contributed by atoms with Gasteiger partial charge in [-0.15, -0.1) is 0 Å². The number of aliphatic carboxylic acids is 1. The van der Waals surface area contributed by atoms with Crippen molar-refractivity contribution in [2.75, 3.05) is 0 Å². The number of rotatable bonds is 3. The van der Waals surface area contributed by atoms with Gasteiger partial charge in [0.1, 0.15) is 0 Å². The Morgan fingerprint density at radius 2 is 1.76 bits per heavy atom. The number of amides is 1. The van der Waals surface area contributed by atoms with Crippen molar-refractivity contribution in [2.45, 2.75) is 0 Å². The summed E-state index contributed by atoms with van der Waals surface area (Å²) in [5.41, 5.74) is 2.40. The maximum atomic E-state index is 10.0. The smallest absolute Gasteiger partial charge is 0.328 e. The molecule has 0 radical (unpaired) electrons. The Bertz CT molecular complexity index is 398. The average molecular weight is 235 g/mol. The molecule has 0 unspecified atom stereocenters. The van der Waals surface area contributed by atoms with Crippen molar-refractivity contribution in [1.82, 2.24) is 5.48 Å². The van der Waals surface area contributed by atoms with E-state index in [1.54, 1.807) is 0 Å². The fourth-order valence-corrected chi connectivity index (χ4v) is 0.773. The van der Waals surface area contributed by atoms with E-state index in [-0.39, 0.29) is 0 Å². The summed E-state index contributed by atoms with van der Waals surface area (Å²) in [6, 6.07) is 10.0. The van der Waals surface area contributed by atoms with Gasteiger partial charge in [0.2, 0.25) is 0 Å². The molecule has 0 heterocycles. The van der Waals surface area contributed by atoms with E-state index in [2.05, 4.69) is 6.58 Å². The summed E-state index contributed by atoms with van der Waals surface area (Å²) in [5.74, 6) is -2.10. The molecule has 1 amide bonds. The molecular formula is C12H13NO4. The first-order valence-corrected chi connectivity index (χ1v) is 4.62. The van der Waals surface area contributed by atoms with Crippen LogP contribution in [0.4, 0.5) is 0 Å². The Balaban J connectivity index is 0.000000302. The van der Waals surface area contributed by atoms with Gasteiger partial charge in [0, 0.05) is 12.2 Å². The number of hydroxylamine groups is 1. The zero-order chi connectivity index (χ0) is 13.1. The lowest BCUT2D eigenvalue weighted by atomic mass is 10.2. The van der Waals surface area contributed by atoms with Gasteiger partial charge in [-0.25, -0.2) is 10.3 Å². The maximum absolute atomic E-state index is 10.0. The lowest BCUT2D eigenvalue weighted by Crippen LogP contribution is -2.15. The van der Waals surface area contributed by atoms with Gasteiger partial charge in [-0.3, -0.25) is 10.0 Å². The molecule has 0 aliphatic carbocycles. The maximum Gasteiger partial charge on any atom is 0.328 e. The summed E-state index contributed by atoms with van der Waals surface area (Å²) < 4.78 is 0. The largest absolute Gasteiger partial charge is 0.478 e. The molecule has 1 aromatic rings. The van der Waals surface area contributed by atoms with E-state index in [9.17, 15) is 9.59 Å². The fraction of sp³-hybridized carbons (Fsp3) is 0. The Labute approximate surface area is 98.7 Å². The predicted octanol–water partition coefficient (Wildman–Crippen LogP) is 1.46. The number of carbonyl (C=O) groups is 2. The molecule has 0 aromatic heterocycles. The van der Waals surface area contributed by atoms with Crippen molar-refractivity contribution >= 4 is 18.0 Å². The predicted molar refractivity (Wildman–Crippen MR) is 63.2 cm³/mol. The monoisotopic (exact) mass is 235 g/mol. The van der Waals surface area contributed by atoms with Gasteiger partial charge in [-0.1, -0.05) is 43.0 Å². The Kier molecular flexibility index (Phi) is 7.62. The van der Waals surface area contributed by atoms with Crippen molar-refractivity contribution in [2.24, 2.45) is 0 Å². The summed E-state index contributed by atoms with van der Waals surface area (Å²) in [4.78, 5) is 19.7. The van der Waals surface area contributed by atoms with Crippen LogP contribution in [0.5, 0.6) is 0 Å². The summed E-state index contributed by atoms with van der Waals surface area (Å²) in [6.45, 7) is 3.63. The lowest BCUT2D eigenvalue weighted by Gasteiger charge is -1.85. The molecule has 3 N–H and O–H groups in total. The zero-order valence-corrected chi connectivity index (χ0v) is 9.04. The van der Waals surface area contributed by atoms with E-state index in [0.717, 1.165) is 0 Å². The molecule has 1 aromatic carbocycles. The summed E-state index contributed by atoms with van der Waals surface area (Å²) in [5, 5.41) is 15.7. The SMILES string of the molecule is C=Cc1ccccc1.O=C(O)/C=C\C(=O)NO. The number of benzene rings is 1. The second-order valence-corrected chi connectivity index (χ2v) is 2.76. The molecule has 0 saturated heterocycles. The van der Waals surface area contributed by atoms with Gasteiger partial charge >= 0.3 is 5.97 Å². The highest BCUT2D eigenvalue weighted by atomic mass is 16.5. The first kappa shape index (κ1) is 14.6. The third-order valence-electron chi connectivity index (χ3n) is 1.52. The molecule has 5 heteroatoms. The Morgan fingerprint density at radius 1 is 1.18 bits per heavy atom. The Hall–Kier alpha value is -2.40. The van der Waals surface area contributed by atoms with E-state index >= 15 is 0 Å². The minimum atomic E-state index is -1.24. The topological polar surface area (TPSA) is 86.6 Å². The van der Waals surface area contributed by atoms with Gasteiger partial charge < -0.3 is 5.11 Å². The van der Waals surface area contributed by atoms with Crippen LogP contribution in [0, 0.1) is 0 Å². The molecule has 17 heavy (non-hydrogen) atoms. The summed E-state index contributed by atoms with van der Waals surface area (Å²) in [7, 11) is 0. The minimum Gasteiger partial charge on any atom is -0.478 e. The highest BCUT2D eigenvalue weighted by Crippen LogP contribution is 1.97. The van der Waals surface area contributed by atoms with Gasteiger partial charge in [0.05, 0.1) is 0 Å². The molecule has 0 atom stereocenters. The fourth-order valence-electron chi connectivity index (χ4n) is 0.773. The van der Waals surface area contributed by atoms with Crippen LogP contribution in [0.3, 0.4) is 0 Å². The van der Waals surface area contributed by atoms with Crippen LogP contribution < -0.4 is 5.48 Å². The first-order chi connectivity index (χ1) is 8.10. The van der Waals surface area contributed by atoms with E-state index in [1.165, 1.54) is 11.0 Å². The molecular weight excluding hydrogens is 222 g/mol. The average Bonchev–Trinajstić information content (AvgIpc) is 2.37. The minimum absolute atomic E-state index is 0.617. The quantitative estimate of drug-likeness (QED) is 0.420. The normalized spacial score (nSPS) is 9.00. The zero-order valence-electron chi connectivity index (χ0n) is 9.04. The Morgan fingerprint density at radius 3 is 2.12 bits per heavy atom. The number of carbonyl (C=O) groups excluding carboxylic acids is 1. The van der Waals surface area contributed by atoms with E-state index in [1.807, 2.05) is 36.4 Å². The first-order valence-electron chi connectivity index (χ1n) is 4.62. The van der Waals surface area contributed by atoms with E-state index in [4.69, 9.17) is 10.3 Å². The number of carboxylic acid groups (broad SMARTS) is 1. The van der Waals surface area contributed by atoms with Gasteiger partial charge in [-0.05, 0) is 5.56 Å². The van der Waals surface area contributed by atoms with Gasteiger partial charge in [0.15, 0.2) is 0 Å². The molecule has 1 rings (SSSR count). The van der Waals surface area contributed by atoms with Crippen LogP contribution in [-0.2, 0) is 9.59 Å². The molecule has 90 valence electrons. The third-order valence-corrected chi connectivity index (χ3v) is 1.52. The van der Waals surface area contributed by atoms with Crippen molar-refractivity contribution in [3.8, 4) is 0 Å². The van der Waals surface area contributed by atoms with Crippen LogP contribution in [0.2, 0.25) is 0 Å². The van der Waals surface area contributed by atoms with Crippen LogP contribution in [0.15, 0.2) is 49.1 Å². The second kappa shape index (κ2) is 8.87. The van der Waals surface area contributed by atoms with Crippen LogP contribution in [0.1, 0.15) is 5.56 Å². The third kappa shape index (κ3) is 8.59. The number of hydrogen-bond acceptors (Lipinski definition) is 3. The van der Waals surface area contributed by atoms with Crippen molar-refractivity contribution in [1.29, 1.82) is 0 Å². The molecule has 0 fully saturated rings. The molecule has 0 aliphatic heterocycles. The number of nitrogens with one attached hydrogen (secondary N) is 1. The molecule has 5 nitrogen and oxygen atoms in total. The van der Waals surface area contributed by atoms with Crippen molar-refractivity contribution in [3.63, 3.8) is 0 Å². The highest BCUT2D eigenvalue weighted by Gasteiger charge is 1.90. The number of hydrogen-bond donors (Lipinski definition) is 3. The summed E-state index contributed by atoms with van der Waals surface area (Å²) >= 11 is 0. The second-order valence-electron chi connectivity index (χ2n) is 2.76. The molecule has 0 aliphatic rings. The van der Waals surface area contributed by atoms with E-state index in [0.29, 0.717) is 12.2 Å². The summed E-state index contributed by atoms with van der Waals surface area (Å²) in [6.07, 6.45) is 3.15. The number of carboxylic acids is 1. The standard InChI is InChI=1S/C8H8.C4H5NO4/c1-2-8-6-4-3-5-7-8;6-3(5-9)1-2-4(7)8/h2-7H,1H2;1-2,9H,(H,5,6)(H,7,8)/b;2-1-. The van der Waals surface area contributed by atoms with Crippen molar-refractivity contribution in [3.05, 3.63) is 54.6 Å². The van der Waals surface area contributed by atoms with Crippen LogP contribution in [0.25, 0.3) is 6.08 Å². The van der Waals surface area contributed by atoms with Crippen molar-refractivity contribution < 1.29 is 19.9 Å². The van der Waals surface area contributed by atoms with Crippen LogP contribution >= 0.6 is 0 Å². The molecule has 0 saturated carbocycles. The van der Waals surface area contributed by atoms with E-state index < -0.39 is 11.9 Å². The lowest BCUT2D eigenvalue weighted by molar-refractivity contribution is -0.132. The van der Waals surface area contributed by atoms with Crippen LogP contribution in [-0.4, -0.2) is 22.2 Å². The highest BCUT2D eigenvalue weighted by molar-refractivity contribution is 5.93.